The lowest BCUT2D eigenvalue weighted by atomic mass is 10.1. The number of rotatable bonds is 3. The summed E-state index contributed by atoms with van der Waals surface area (Å²) >= 11 is 0. The van der Waals surface area contributed by atoms with E-state index in [1.807, 2.05) is 0 Å². The SMILES string of the molecule is O=C1CN(S(=O)(=O)N2CCCCC2C(=O)O)CCCN1. The first-order valence-electron chi connectivity index (χ1n) is 6.69. The third-order valence-electron chi connectivity index (χ3n) is 3.59. The van der Waals surface area contributed by atoms with Crippen LogP contribution in [0.5, 0.6) is 0 Å². The number of hydrogen-bond donors (Lipinski definition) is 2. The van der Waals surface area contributed by atoms with Crippen molar-refractivity contribution in [1.82, 2.24) is 13.9 Å². The van der Waals surface area contributed by atoms with E-state index in [1.54, 1.807) is 0 Å². The van der Waals surface area contributed by atoms with E-state index in [9.17, 15) is 23.1 Å². The molecule has 0 spiro atoms. The van der Waals surface area contributed by atoms with E-state index in [1.165, 1.54) is 0 Å². The lowest BCUT2D eigenvalue weighted by Gasteiger charge is -2.35. The van der Waals surface area contributed by atoms with Gasteiger partial charge in [-0.25, -0.2) is 0 Å². The number of piperidine rings is 1. The van der Waals surface area contributed by atoms with Crippen LogP contribution in [0.15, 0.2) is 0 Å². The molecule has 1 amide bonds. The molecule has 2 saturated heterocycles. The number of aliphatic carboxylic acids is 1. The third kappa shape index (κ3) is 3.10. The zero-order valence-electron chi connectivity index (χ0n) is 11.1. The summed E-state index contributed by atoms with van der Waals surface area (Å²) in [4.78, 5) is 22.7. The van der Waals surface area contributed by atoms with Gasteiger partial charge in [-0.05, 0) is 25.7 Å². The van der Waals surface area contributed by atoms with Gasteiger partial charge in [-0.15, -0.1) is 0 Å². The Kier molecular flexibility index (Phi) is 4.61. The van der Waals surface area contributed by atoms with Crippen LogP contribution in [0.25, 0.3) is 0 Å². The second-order valence-corrected chi connectivity index (χ2v) is 6.89. The van der Waals surface area contributed by atoms with E-state index in [4.69, 9.17) is 0 Å². The van der Waals surface area contributed by atoms with Gasteiger partial charge in [-0.3, -0.25) is 9.59 Å². The molecule has 9 heteroatoms. The van der Waals surface area contributed by atoms with Crippen molar-refractivity contribution >= 4 is 22.1 Å². The molecule has 0 aromatic carbocycles. The average Bonchev–Trinajstić information content (AvgIpc) is 2.64. The quantitative estimate of drug-likeness (QED) is 0.695. The van der Waals surface area contributed by atoms with Gasteiger partial charge >= 0.3 is 5.97 Å². The zero-order chi connectivity index (χ0) is 14.8. The van der Waals surface area contributed by atoms with E-state index in [2.05, 4.69) is 5.32 Å². The number of carbonyl (C=O) groups is 2. The second kappa shape index (κ2) is 6.06. The van der Waals surface area contributed by atoms with Crippen LogP contribution in [0.3, 0.4) is 0 Å². The topological polar surface area (TPSA) is 107 Å². The minimum atomic E-state index is -3.91. The average molecular weight is 305 g/mol. The van der Waals surface area contributed by atoms with Crippen LogP contribution in [0.4, 0.5) is 0 Å². The molecule has 2 heterocycles. The fraction of sp³-hybridized carbons (Fsp3) is 0.818. The van der Waals surface area contributed by atoms with Crippen molar-refractivity contribution in [2.75, 3.05) is 26.2 Å². The molecule has 0 aromatic heterocycles. The van der Waals surface area contributed by atoms with Crippen LogP contribution in [-0.2, 0) is 19.8 Å². The summed E-state index contributed by atoms with van der Waals surface area (Å²) < 4.78 is 27.2. The molecule has 1 atom stereocenters. The van der Waals surface area contributed by atoms with Gasteiger partial charge in [0.15, 0.2) is 0 Å². The van der Waals surface area contributed by atoms with Gasteiger partial charge in [0, 0.05) is 19.6 Å². The van der Waals surface area contributed by atoms with Crippen molar-refractivity contribution in [3.8, 4) is 0 Å². The van der Waals surface area contributed by atoms with Gasteiger partial charge in [-0.1, -0.05) is 0 Å². The largest absolute Gasteiger partial charge is 0.480 e. The van der Waals surface area contributed by atoms with Crippen LogP contribution in [-0.4, -0.2) is 66.2 Å². The Morgan fingerprint density at radius 1 is 1.25 bits per heavy atom. The Labute approximate surface area is 117 Å². The van der Waals surface area contributed by atoms with Crippen molar-refractivity contribution in [1.29, 1.82) is 0 Å². The highest BCUT2D eigenvalue weighted by Crippen LogP contribution is 2.23. The lowest BCUT2D eigenvalue weighted by Crippen LogP contribution is -2.54. The standard InChI is InChI=1S/C11H19N3O5S/c15-10-8-13(6-3-5-12-10)20(18,19)14-7-2-1-4-9(14)11(16)17/h9H,1-8H2,(H,12,15)(H,16,17). The predicted octanol–water partition coefficient (Wildman–Crippen LogP) is -1.01. The number of nitrogens with zero attached hydrogens (tertiary/aromatic N) is 2. The highest BCUT2D eigenvalue weighted by atomic mass is 32.2. The Bertz CT molecular complexity index is 492. The van der Waals surface area contributed by atoms with Crippen LogP contribution < -0.4 is 5.32 Å². The summed E-state index contributed by atoms with van der Waals surface area (Å²) in [6.45, 7) is 0.611. The molecule has 2 rings (SSSR count). The van der Waals surface area contributed by atoms with E-state index >= 15 is 0 Å². The molecule has 2 fully saturated rings. The molecule has 0 aromatic rings. The van der Waals surface area contributed by atoms with Crippen molar-refractivity contribution in [2.45, 2.75) is 31.7 Å². The predicted molar refractivity (Wildman–Crippen MR) is 70.1 cm³/mol. The minimum Gasteiger partial charge on any atom is -0.480 e. The highest BCUT2D eigenvalue weighted by molar-refractivity contribution is 7.86. The van der Waals surface area contributed by atoms with Crippen molar-refractivity contribution in [3.05, 3.63) is 0 Å². The first-order chi connectivity index (χ1) is 9.43. The normalized spacial score (nSPS) is 26.8. The highest BCUT2D eigenvalue weighted by Gasteiger charge is 2.40. The van der Waals surface area contributed by atoms with Crippen molar-refractivity contribution in [2.24, 2.45) is 0 Å². The Morgan fingerprint density at radius 3 is 2.70 bits per heavy atom. The Hall–Kier alpha value is -1.19. The Balaban J connectivity index is 2.22. The fourth-order valence-electron chi connectivity index (χ4n) is 2.55. The number of nitrogens with one attached hydrogen (secondary N) is 1. The molecule has 2 aliphatic heterocycles. The lowest BCUT2D eigenvalue weighted by molar-refractivity contribution is -0.142. The molecular formula is C11H19N3O5S. The van der Waals surface area contributed by atoms with E-state index in [-0.39, 0.29) is 25.5 Å². The number of carboxylic acids is 1. The minimum absolute atomic E-state index is 0.192. The summed E-state index contributed by atoms with van der Waals surface area (Å²) in [6, 6.07) is -1.03. The maximum absolute atomic E-state index is 12.6. The van der Waals surface area contributed by atoms with Crippen LogP contribution >= 0.6 is 0 Å². The van der Waals surface area contributed by atoms with Crippen LogP contribution in [0.2, 0.25) is 0 Å². The number of hydrogen-bond acceptors (Lipinski definition) is 4. The number of carboxylic acid groups (broad SMARTS) is 1. The van der Waals surface area contributed by atoms with Gasteiger partial charge in [-0.2, -0.15) is 17.0 Å². The van der Waals surface area contributed by atoms with Crippen molar-refractivity contribution < 1.29 is 23.1 Å². The van der Waals surface area contributed by atoms with Gasteiger partial charge in [0.1, 0.15) is 6.04 Å². The Morgan fingerprint density at radius 2 is 2.00 bits per heavy atom. The van der Waals surface area contributed by atoms with Gasteiger partial charge in [0.25, 0.3) is 10.2 Å². The molecule has 0 bridgehead atoms. The first kappa shape index (κ1) is 15.2. The maximum Gasteiger partial charge on any atom is 0.322 e. The summed E-state index contributed by atoms with van der Waals surface area (Å²) in [7, 11) is -3.91. The summed E-state index contributed by atoms with van der Waals surface area (Å²) in [5, 5.41) is 11.8. The van der Waals surface area contributed by atoms with Gasteiger partial charge in [0.2, 0.25) is 5.91 Å². The number of carbonyl (C=O) groups excluding carboxylic acids is 1. The van der Waals surface area contributed by atoms with E-state index in [0.717, 1.165) is 8.61 Å². The molecule has 2 aliphatic rings. The summed E-state index contributed by atoms with van der Waals surface area (Å²) in [6.07, 6.45) is 2.18. The van der Waals surface area contributed by atoms with Gasteiger partial charge < -0.3 is 10.4 Å². The van der Waals surface area contributed by atoms with E-state index < -0.39 is 22.2 Å². The molecule has 0 saturated carbocycles. The van der Waals surface area contributed by atoms with Crippen molar-refractivity contribution in [3.63, 3.8) is 0 Å². The molecule has 114 valence electrons. The summed E-state index contributed by atoms with van der Waals surface area (Å²) in [5.74, 6) is -1.48. The smallest absolute Gasteiger partial charge is 0.322 e. The first-order valence-corrected chi connectivity index (χ1v) is 8.09. The maximum atomic E-state index is 12.6. The molecule has 8 nitrogen and oxygen atoms in total. The molecule has 20 heavy (non-hydrogen) atoms. The second-order valence-electron chi connectivity index (χ2n) is 5.01. The fourth-order valence-corrected chi connectivity index (χ4v) is 4.37. The molecule has 0 aliphatic carbocycles. The molecule has 1 unspecified atom stereocenters. The molecular weight excluding hydrogens is 286 g/mol. The monoisotopic (exact) mass is 305 g/mol. The van der Waals surface area contributed by atoms with Crippen LogP contribution in [0, 0.1) is 0 Å². The van der Waals surface area contributed by atoms with Crippen LogP contribution in [0.1, 0.15) is 25.7 Å². The number of amides is 1. The van der Waals surface area contributed by atoms with Gasteiger partial charge in [0.05, 0.1) is 6.54 Å². The molecule has 0 radical (unpaired) electrons. The molecule has 2 N–H and O–H groups in total. The van der Waals surface area contributed by atoms with E-state index in [0.29, 0.717) is 32.2 Å². The summed E-state index contributed by atoms with van der Waals surface area (Å²) in [5.41, 5.74) is 0. The zero-order valence-corrected chi connectivity index (χ0v) is 11.9. The third-order valence-corrected chi connectivity index (χ3v) is 5.58.